The van der Waals surface area contributed by atoms with E-state index in [0.717, 1.165) is 5.56 Å². The van der Waals surface area contributed by atoms with Crippen molar-refractivity contribution in [2.75, 3.05) is 0 Å². The molecule has 2 aromatic rings. The lowest BCUT2D eigenvalue weighted by Gasteiger charge is -1.97. The van der Waals surface area contributed by atoms with Crippen LogP contribution in [0.2, 0.25) is 0 Å². The van der Waals surface area contributed by atoms with Crippen LogP contribution in [-0.2, 0) is 0 Å². The fraction of sp³-hybridized carbons (Fsp3) is 0.200. The predicted octanol–water partition coefficient (Wildman–Crippen LogP) is 0.770. The Morgan fingerprint density at radius 3 is 3.23 bits per heavy atom. The Labute approximate surface area is 71.8 Å². The summed E-state index contributed by atoms with van der Waals surface area (Å²) in [6.45, 7) is 1.76. The molecule has 0 saturated carbocycles. The van der Waals surface area contributed by atoms with E-state index < -0.39 is 0 Å². The van der Waals surface area contributed by atoms with Crippen LogP contribution in [-0.4, -0.2) is 25.0 Å². The highest BCUT2D eigenvalue weighted by Gasteiger charge is 2.05. The van der Waals surface area contributed by atoms with Crippen molar-refractivity contribution in [1.82, 2.24) is 25.0 Å². The van der Waals surface area contributed by atoms with Crippen molar-refractivity contribution in [2.45, 2.75) is 6.92 Å². The first kappa shape index (κ1) is 7.44. The van der Waals surface area contributed by atoms with E-state index in [0.29, 0.717) is 11.6 Å². The minimum atomic E-state index is 0.313. The maximum Gasteiger partial charge on any atom is 0.273 e. The molecule has 2 heterocycles. The van der Waals surface area contributed by atoms with Crippen molar-refractivity contribution < 1.29 is 0 Å². The average Bonchev–Trinajstić information content (AvgIpc) is 2.58. The lowest BCUT2D eigenvalue weighted by molar-refractivity contribution is 0.817. The van der Waals surface area contributed by atoms with Gasteiger partial charge >= 0.3 is 0 Å². The molecule has 0 aliphatic carbocycles. The number of rotatable bonds is 1. The summed E-state index contributed by atoms with van der Waals surface area (Å²) in [7, 11) is 0. The Morgan fingerprint density at radius 1 is 1.62 bits per heavy atom. The summed E-state index contributed by atoms with van der Waals surface area (Å²) in [5, 5.41) is 14.1. The molecule has 0 fully saturated rings. The van der Waals surface area contributed by atoms with Gasteiger partial charge in [-0.25, -0.2) is 4.98 Å². The normalized spacial score (nSPS) is 9.92. The minimum Gasteiger partial charge on any atom is -0.218 e. The number of hydrogen-bond donors (Lipinski definition) is 0. The average molecular weight is 176 g/mol. The molecule has 0 spiro atoms. The van der Waals surface area contributed by atoms with E-state index in [1.165, 1.54) is 4.52 Å². The smallest absolute Gasteiger partial charge is 0.218 e. The fourth-order valence-corrected chi connectivity index (χ4v) is 0.943. The lowest BCUT2D eigenvalue weighted by Crippen LogP contribution is -1.93. The Bertz CT molecular complexity index is 492. The highest BCUT2D eigenvalue weighted by atomic mass is 15.5. The summed E-state index contributed by atoms with van der Waals surface area (Å²) in [4.78, 5) is 6.60. The topological polar surface area (TPSA) is 105 Å². The second-order valence-electron chi connectivity index (χ2n) is 2.34. The van der Waals surface area contributed by atoms with E-state index in [9.17, 15) is 0 Å². The monoisotopic (exact) mass is 176 g/mol. The first-order valence-electron chi connectivity index (χ1n) is 3.41. The summed E-state index contributed by atoms with van der Waals surface area (Å²) in [6.07, 6.45) is 1.55. The van der Waals surface area contributed by atoms with Crippen molar-refractivity contribution in [1.29, 1.82) is 0 Å². The Hall–Kier alpha value is -2.21. The van der Waals surface area contributed by atoms with Crippen LogP contribution in [0, 0.1) is 6.92 Å². The van der Waals surface area contributed by atoms with E-state index in [2.05, 4.69) is 30.5 Å². The number of fused-ring (bicyclic) bond motifs is 1. The van der Waals surface area contributed by atoms with Crippen LogP contribution in [0.5, 0.6) is 0 Å². The highest BCUT2D eigenvalue weighted by molar-refractivity contribution is 5.43. The van der Waals surface area contributed by atoms with Crippen LogP contribution < -0.4 is 0 Å². The van der Waals surface area contributed by atoms with Gasteiger partial charge in [0.15, 0.2) is 0 Å². The first-order chi connectivity index (χ1) is 6.33. The minimum absolute atomic E-state index is 0.313. The van der Waals surface area contributed by atoms with Gasteiger partial charge in [0.2, 0.25) is 0 Å². The Kier molecular flexibility index (Phi) is 1.54. The van der Waals surface area contributed by atoms with E-state index in [1.807, 2.05) is 0 Å². The van der Waals surface area contributed by atoms with Gasteiger partial charge in [-0.3, -0.25) is 0 Å². The number of aryl methyl sites for hydroxylation is 1. The summed E-state index contributed by atoms with van der Waals surface area (Å²) >= 11 is 0. The van der Waals surface area contributed by atoms with Crippen LogP contribution in [0.1, 0.15) is 5.56 Å². The van der Waals surface area contributed by atoms with Gasteiger partial charge in [0.25, 0.3) is 5.78 Å². The molecule has 0 aromatic carbocycles. The zero-order chi connectivity index (χ0) is 9.26. The Balaban J connectivity index is 2.87. The number of aromatic nitrogens is 5. The lowest BCUT2D eigenvalue weighted by atomic mass is 10.3. The molecule has 0 aliphatic heterocycles. The Morgan fingerprint density at radius 2 is 2.46 bits per heavy atom. The number of hydrogen-bond acceptors (Lipinski definition) is 5. The largest absolute Gasteiger partial charge is 0.273 e. The molecule has 0 aliphatic rings. The van der Waals surface area contributed by atoms with E-state index in [-0.39, 0.29) is 0 Å². The summed E-state index contributed by atoms with van der Waals surface area (Å²) < 4.78 is 1.29. The quantitative estimate of drug-likeness (QED) is 0.363. The fourth-order valence-electron chi connectivity index (χ4n) is 0.943. The molecule has 8 heteroatoms. The number of tetrazole rings is 1. The van der Waals surface area contributed by atoms with Gasteiger partial charge in [0.05, 0.1) is 0 Å². The molecular formula is C5H4N8. The first-order valence-corrected chi connectivity index (χ1v) is 3.41. The van der Waals surface area contributed by atoms with Gasteiger partial charge in [-0.1, -0.05) is 5.10 Å². The standard InChI is InChI=1S/C5H4N8/c1-3-2-7-5-9-11-12-13(5)4(3)8-10-6/h2H,1H3. The van der Waals surface area contributed by atoms with Gasteiger partial charge in [-0.05, 0) is 33.6 Å². The third kappa shape index (κ3) is 1.05. The van der Waals surface area contributed by atoms with Crippen molar-refractivity contribution in [2.24, 2.45) is 5.11 Å². The maximum atomic E-state index is 8.30. The van der Waals surface area contributed by atoms with Gasteiger partial charge in [0, 0.05) is 11.1 Å². The SMILES string of the molecule is Cc1cnc2nnnn2c1N=[N+]=[N-]. The summed E-state index contributed by atoms with van der Waals surface area (Å²) in [5.74, 6) is 0.672. The molecule has 0 amide bonds. The van der Waals surface area contributed by atoms with Crippen LogP contribution >= 0.6 is 0 Å². The zero-order valence-electron chi connectivity index (χ0n) is 6.66. The van der Waals surface area contributed by atoms with Gasteiger partial charge in [-0.2, -0.15) is 4.52 Å². The van der Waals surface area contributed by atoms with Crippen LogP contribution in [0.15, 0.2) is 11.3 Å². The summed E-state index contributed by atoms with van der Waals surface area (Å²) in [5.41, 5.74) is 9.02. The van der Waals surface area contributed by atoms with E-state index >= 15 is 0 Å². The molecule has 0 bridgehead atoms. The molecular weight excluding hydrogens is 172 g/mol. The zero-order valence-corrected chi connectivity index (χ0v) is 6.66. The van der Waals surface area contributed by atoms with Crippen LogP contribution in [0.4, 0.5) is 5.82 Å². The van der Waals surface area contributed by atoms with Crippen molar-refractivity contribution in [3.05, 3.63) is 22.2 Å². The molecule has 0 radical (unpaired) electrons. The molecule has 2 aromatic heterocycles. The van der Waals surface area contributed by atoms with E-state index in [4.69, 9.17) is 5.53 Å². The third-order valence-corrected chi connectivity index (χ3v) is 1.52. The second-order valence-corrected chi connectivity index (χ2v) is 2.34. The van der Waals surface area contributed by atoms with Crippen molar-refractivity contribution >= 4 is 11.6 Å². The molecule has 8 nitrogen and oxygen atoms in total. The molecule has 13 heavy (non-hydrogen) atoms. The van der Waals surface area contributed by atoms with Crippen LogP contribution in [0.3, 0.4) is 0 Å². The van der Waals surface area contributed by atoms with Crippen LogP contribution in [0.25, 0.3) is 16.2 Å². The molecule has 0 saturated heterocycles. The summed E-state index contributed by atoms with van der Waals surface area (Å²) in [6, 6.07) is 0. The molecule has 0 atom stereocenters. The van der Waals surface area contributed by atoms with Gasteiger partial charge < -0.3 is 0 Å². The van der Waals surface area contributed by atoms with Crippen molar-refractivity contribution in [3.63, 3.8) is 0 Å². The van der Waals surface area contributed by atoms with Gasteiger partial charge in [-0.15, -0.1) is 0 Å². The predicted molar refractivity (Wildman–Crippen MR) is 42.1 cm³/mol. The number of azide groups is 1. The molecule has 0 N–H and O–H groups in total. The third-order valence-electron chi connectivity index (χ3n) is 1.52. The number of nitrogens with zero attached hydrogens (tertiary/aromatic N) is 8. The molecule has 2 rings (SSSR count). The van der Waals surface area contributed by atoms with Gasteiger partial charge in [0.1, 0.15) is 5.82 Å². The maximum absolute atomic E-state index is 8.30. The van der Waals surface area contributed by atoms with E-state index in [1.54, 1.807) is 13.1 Å². The molecule has 64 valence electrons. The molecule has 0 unspecified atom stereocenters. The highest BCUT2D eigenvalue weighted by Crippen LogP contribution is 2.16. The second kappa shape index (κ2) is 2.68. The van der Waals surface area contributed by atoms with Crippen molar-refractivity contribution in [3.8, 4) is 0 Å².